The summed E-state index contributed by atoms with van der Waals surface area (Å²) < 4.78 is 0. The van der Waals surface area contributed by atoms with Crippen LogP contribution in [0.2, 0.25) is 0 Å². The fraction of sp³-hybridized carbons (Fsp3) is 1.00. The molecule has 0 amide bonds. The molecule has 0 aromatic heterocycles. The summed E-state index contributed by atoms with van der Waals surface area (Å²) in [5, 5.41) is 3.59. The van der Waals surface area contributed by atoms with E-state index in [1.165, 1.54) is 19.4 Å². The molecule has 1 aliphatic rings. The van der Waals surface area contributed by atoms with Gasteiger partial charge in [0.1, 0.15) is 0 Å². The van der Waals surface area contributed by atoms with E-state index in [9.17, 15) is 0 Å². The summed E-state index contributed by atoms with van der Waals surface area (Å²) >= 11 is 0. The van der Waals surface area contributed by atoms with E-state index in [0.717, 1.165) is 0 Å². The molecule has 0 bridgehead atoms. The molecule has 1 heterocycles. The van der Waals surface area contributed by atoms with Crippen LogP contribution in [0.15, 0.2) is 0 Å². The third kappa shape index (κ3) is 2.80. The van der Waals surface area contributed by atoms with E-state index < -0.39 is 0 Å². The summed E-state index contributed by atoms with van der Waals surface area (Å²) in [5.41, 5.74) is 0.253. The van der Waals surface area contributed by atoms with Crippen LogP contribution in [0.3, 0.4) is 0 Å². The van der Waals surface area contributed by atoms with Crippen molar-refractivity contribution in [3.63, 3.8) is 0 Å². The second-order valence-electron chi connectivity index (χ2n) is 4.53. The van der Waals surface area contributed by atoms with Crippen molar-refractivity contribution < 1.29 is 0 Å². The van der Waals surface area contributed by atoms with Crippen molar-refractivity contribution in [1.82, 2.24) is 10.2 Å². The molecule has 2 nitrogen and oxygen atoms in total. The first kappa shape index (κ1) is 9.01. The van der Waals surface area contributed by atoms with Gasteiger partial charge in [0.15, 0.2) is 0 Å². The Hall–Kier alpha value is -0.0800. The van der Waals surface area contributed by atoms with Gasteiger partial charge in [-0.05, 0) is 47.2 Å². The Morgan fingerprint density at radius 2 is 2.00 bits per heavy atom. The summed E-state index contributed by atoms with van der Waals surface area (Å²) in [6, 6.07) is 0. The number of rotatable bonds is 1. The minimum absolute atomic E-state index is 0.253. The fourth-order valence-corrected chi connectivity index (χ4v) is 1.59. The first-order valence-corrected chi connectivity index (χ1v) is 4.47. The Morgan fingerprint density at radius 1 is 1.36 bits per heavy atom. The lowest BCUT2D eigenvalue weighted by Gasteiger charge is -2.29. The molecule has 0 spiro atoms. The van der Waals surface area contributed by atoms with Gasteiger partial charge in [-0.25, -0.2) is 0 Å². The number of hydrogen-bond acceptors (Lipinski definition) is 2. The third-order valence-corrected chi connectivity index (χ3v) is 2.12. The molecule has 0 saturated carbocycles. The Balaban J connectivity index is 2.37. The Kier molecular flexibility index (Phi) is 2.55. The molecule has 0 radical (unpaired) electrons. The molecule has 0 aliphatic carbocycles. The monoisotopic (exact) mass is 156 g/mol. The van der Waals surface area contributed by atoms with E-state index in [2.05, 4.69) is 38.0 Å². The van der Waals surface area contributed by atoms with Gasteiger partial charge in [-0.2, -0.15) is 0 Å². The fourth-order valence-electron chi connectivity index (χ4n) is 1.59. The van der Waals surface area contributed by atoms with E-state index in [-0.39, 0.29) is 5.54 Å². The first-order chi connectivity index (χ1) is 4.99. The number of nitrogens with zero attached hydrogens (tertiary/aromatic N) is 1. The third-order valence-electron chi connectivity index (χ3n) is 2.12. The van der Waals surface area contributed by atoms with Crippen molar-refractivity contribution in [1.29, 1.82) is 0 Å². The van der Waals surface area contributed by atoms with E-state index in [4.69, 9.17) is 0 Å². The number of nitrogens with one attached hydrogen (secondary N) is 1. The molecular formula is C9H20N2. The molecule has 1 atom stereocenters. The highest BCUT2D eigenvalue weighted by Crippen LogP contribution is 2.15. The van der Waals surface area contributed by atoms with Gasteiger partial charge in [-0.3, -0.25) is 10.2 Å². The smallest absolute Gasteiger partial charge is 0.0598 e. The van der Waals surface area contributed by atoms with Crippen LogP contribution in [-0.4, -0.2) is 30.2 Å². The van der Waals surface area contributed by atoms with E-state index in [1.807, 2.05) is 0 Å². The number of likely N-dealkylation sites (tertiary alicyclic amines) is 1. The zero-order chi connectivity index (χ0) is 8.48. The molecular weight excluding hydrogens is 136 g/mol. The lowest BCUT2D eigenvalue weighted by atomic mass is 10.1. The Bertz CT molecular complexity index is 126. The zero-order valence-electron chi connectivity index (χ0n) is 8.15. The van der Waals surface area contributed by atoms with Crippen LogP contribution >= 0.6 is 0 Å². The summed E-state index contributed by atoms with van der Waals surface area (Å²) in [5.74, 6) is 0. The highest BCUT2D eigenvalue weighted by atomic mass is 15.3. The van der Waals surface area contributed by atoms with Crippen LogP contribution in [0.25, 0.3) is 0 Å². The second kappa shape index (κ2) is 3.11. The average molecular weight is 156 g/mol. The maximum absolute atomic E-state index is 3.59. The molecule has 1 rings (SSSR count). The first-order valence-electron chi connectivity index (χ1n) is 4.47. The zero-order valence-corrected chi connectivity index (χ0v) is 8.15. The van der Waals surface area contributed by atoms with Gasteiger partial charge >= 0.3 is 0 Å². The van der Waals surface area contributed by atoms with Gasteiger partial charge in [0.05, 0.1) is 6.17 Å². The molecule has 0 aromatic carbocycles. The van der Waals surface area contributed by atoms with Crippen LogP contribution in [0, 0.1) is 0 Å². The number of hydrogen-bond donors (Lipinski definition) is 1. The van der Waals surface area contributed by atoms with Gasteiger partial charge in [0, 0.05) is 5.54 Å². The Labute approximate surface area is 70.0 Å². The van der Waals surface area contributed by atoms with Crippen LogP contribution in [-0.2, 0) is 0 Å². The molecule has 66 valence electrons. The van der Waals surface area contributed by atoms with Crippen LogP contribution in [0.5, 0.6) is 0 Å². The highest BCUT2D eigenvalue weighted by Gasteiger charge is 2.24. The standard InChI is InChI=1S/C9H20N2/c1-9(2,3)10-8-6-5-7-11(8)4/h8,10H,5-7H2,1-4H3. The molecule has 2 heteroatoms. The summed E-state index contributed by atoms with van der Waals surface area (Å²) in [4.78, 5) is 2.39. The predicted octanol–water partition coefficient (Wildman–Crippen LogP) is 1.43. The largest absolute Gasteiger partial charge is 0.297 e. The van der Waals surface area contributed by atoms with Gasteiger partial charge < -0.3 is 0 Å². The van der Waals surface area contributed by atoms with Crippen molar-refractivity contribution in [3.05, 3.63) is 0 Å². The lowest BCUT2D eigenvalue weighted by Crippen LogP contribution is -2.48. The van der Waals surface area contributed by atoms with Crippen molar-refractivity contribution >= 4 is 0 Å². The van der Waals surface area contributed by atoms with Crippen molar-refractivity contribution in [2.75, 3.05) is 13.6 Å². The van der Waals surface area contributed by atoms with E-state index in [1.54, 1.807) is 0 Å². The maximum Gasteiger partial charge on any atom is 0.0598 e. The maximum atomic E-state index is 3.59. The van der Waals surface area contributed by atoms with Crippen LogP contribution in [0.1, 0.15) is 33.6 Å². The quantitative estimate of drug-likeness (QED) is 0.618. The second-order valence-corrected chi connectivity index (χ2v) is 4.53. The van der Waals surface area contributed by atoms with E-state index >= 15 is 0 Å². The Morgan fingerprint density at radius 3 is 2.36 bits per heavy atom. The molecule has 1 unspecified atom stereocenters. The van der Waals surface area contributed by atoms with Crippen molar-refractivity contribution in [3.8, 4) is 0 Å². The highest BCUT2D eigenvalue weighted by molar-refractivity contribution is 4.81. The molecule has 1 aliphatic heterocycles. The van der Waals surface area contributed by atoms with Gasteiger partial charge in [0.2, 0.25) is 0 Å². The van der Waals surface area contributed by atoms with Gasteiger partial charge in [-0.15, -0.1) is 0 Å². The minimum atomic E-state index is 0.253. The summed E-state index contributed by atoms with van der Waals surface area (Å²) in [6.45, 7) is 7.91. The van der Waals surface area contributed by atoms with Crippen LogP contribution in [0.4, 0.5) is 0 Å². The lowest BCUT2D eigenvalue weighted by molar-refractivity contribution is 0.215. The van der Waals surface area contributed by atoms with E-state index in [0.29, 0.717) is 6.17 Å². The van der Waals surface area contributed by atoms with Crippen molar-refractivity contribution in [2.45, 2.75) is 45.3 Å². The molecule has 0 aromatic rings. The molecule has 1 saturated heterocycles. The summed E-state index contributed by atoms with van der Waals surface area (Å²) in [6.07, 6.45) is 3.24. The summed E-state index contributed by atoms with van der Waals surface area (Å²) in [7, 11) is 2.19. The topological polar surface area (TPSA) is 15.3 Å². The van der Waals surface area contributed by atoms with Gasteiger partial charge in [0.25, 0.3) is 0 Å². The average Bonchev–Trinajstić information content (AvgIpc) is 2.12. The minimum Gasteiger partial charge on any atom is -0.297 e. The predicted molar refractivity (Wildman–Crippen MR) is 48.5 cm³/mol. The van der Waals surface area contributed by atoms with Crippen molar-refractivity contribution in [2.24, 2.45) is 0 Å². The molecule has 1 N–H and O–H groups in total. The normalized spacial score (nSPS) is 27.8. The van der Waals surface area contributed by atoms with Gasteiger partial charge in [-0.1, -0.05) is 0 Å². The van der Waals surface area contributed by atoms with Crippen LogP contribution < -0.4 is 5.32 Å². The molecule has 1 fully saturated rings. The molecule has 11 heavy (non-hydrogen) atoms. The SMILES string of the molecule is CN1CCCC1NC(C)(C)C.